The van der Waals surface area contributed by atoms with Crippen molar-refractivity contribution in [2.45, 2.75) is 13.8 Å². The van der Waals surface area contributed by atoms with E-state index in [9.17, 15) is 9.59 Å². The lowest BCUT2D eigenvalue weighted by Crippen LogP contribution is -2.37. The van der Waals surface area contributed by atoms with Gasteiger partial charge in [-0.2, -0.15) is 0 Å². The summed E-state index contributed by atoms with van der Waals surface area (Å²) in [6, 6.07) is 12.5. The first-order chi connectivity index (χ1) is 13.0. The lowest BCUT2D eigenvalue weighted by Gasteiger charge is -2.19. The molecule has 3 amide bonds. The number of hydrogen-bond donors (Lipinski definition) is 1. The van der Waals surface area contributed by atoms with Gasteiger partial charge in [-0.05, 0) is 55.8 Å². The lowest BCUT2D eigenvalue weighted by molar-refractivity contribution is -0.116. The number of amides is 3. The van der Waals surface area contributed by atoms with E-state index in [1.165, 1.54) is 4.90 Å². The van der Waals surface area contributed by atoms with E-state index in [2.05, 4.69) is 5.32 Å². The normalized spacial score (nSPS) is 13.8. The standard InChI is InChI=1S/C20H22ClN3O3/c1-3-27-16-9-7-15(8-10-16)24-12-11-23(20(24)26)13-19(25)22-18-6-4-5-17(21)14(18)2/h4-10H,3,11-13H2,1-2H3,(H,22,25). The number of rotatable bonds is 6. The van der Waals surface area contributed by atoms with Gasteiger partial charge in [0.1, 0.15) is 12.3 Å². The quantitative estimate of drug-likeness (QED) is 0.816. The molecule has 1 aliphatic heterocycles. The molecule has 1 N–H and O–H groups in total. The number of nitrogens with zero attached hydrogens (tertiary/aromatic N) is 2. The average Bonchev–Trinajstić information content (AvgIpc) is 3.00. The number of benzene rings is 2. The van der Waals surface area contributed by atoms with Gasteiger partial charge in [0.05, 0.1) is 6.61 Å². The molecule has 6 nitrogen and oxygen atoms in total. The molecule has 1 aliphatic rings. The van der Waals surface area contributed by atoms with E-state index < -0.39 is 0 Å². The van der Waals surface area contributed by atoms with Crippen LogP contribution in [0.2, 0.25) is 5.02 Å². The summed E-state index contributed by atoms with van der Waals surface area (Å²) >= 11 is 6.08. The fourth-order valence-corrected chi connectivity index (χ4v) is 3.14. The Bertz CT molecular complexity index is 839. The van der Waals surface area contributed by atoms with Crippen molar-refractivity contribution in [3.05, 3.63) is 53.1 Å². The Morgan fingerprint density at radius 1 is 1.19 bits per heavy atom. The molecule has 0 radical (unpaired) electrons. The van der Waals surface area contributed by atoms with Gasteiger partial charge in [-0.3, -0.25) is 9.69 Å². The SMILES string of the molecule is CCOc1ccc(N2CCN(CC(=O)Nc3cccc(Cl)c3C)C2=O)cc1. The Hall–Kier alpha value is -2.73. The maximum absolute atomic E-state index is 12.6. The van der Waals surface area contributed by atoms with Gasteiger partial charge >= 0.3 is 6.03 Å². The molecule has 0 unspecified atom stereocenters. The molecule has 0 spiro atoms. The zero-order valence-corrected chi connectivity index (χ0v) is 16.1. The van der Waals surface area contributed by atoms with Crippen molar-refractivity contribution < 1.29 is 14.3 Å². The molecule has 1 heterocycles. The second-order valence-corrected chi connectivity index (χ2v) is 6.65. The molecule has 0 aromatic heterocycles. The van der Waals surface area contributed by atoms with Crippen LogP contribution in [0.1, 0.15) is 12.5 Å². The van der Waals surface area contributed by atoms with Crippen molar-refractivity contribution >= 4 is 34.9 Å². The summed E-state index contributed by atoms with van der Waals surface area (Å²) in [5.41, 5.74) is 2.25. The third-order valence-electron chi connectivity index (χ3n) is 4.43. The van der Waals surface area contributed by atoms with E-state index in [1.54, 1.807) is 23.1 Å². The second-order valence-electron chi connectivity index (χ2n) is 6.24. The van der Waals surface area contributed by atoms with Gasteiger partial charge in [-0.1, -0.05) is 17.7 Å². The van der Waals surface area contributed by atoms with Crippen molar-refractivity contribution in [2.75, 3.05) is 36.5 Å². The highest BCUT2D eigenvalue weighted by Gasteiger charge is 2.30. The van der Waals surface area contributed by atoms with Crippen LogP contribution in [0.4, 0.5) is 16.2 Å². The molecule has 3 rings (SSSR count). The van der Waals surface area contributed by atoms with E-state index in [1.807, 2.05) is 38.1 Å². The third kappa shape index (κ3) is 4.34. The lowest BCUT2D eigenvalue weighted by atomic mass is 10.2. The van der Waals surface area contributed by atoms with E-state index in [-0.39, 0.29) is 18.5 Å². The minimum Gasteiger partial charge on any atom is -0.494 e. The largest absolute Gasteiger partial charge is 0.494 e. The van der Waals surface area contributed by atoms with Crippen LogP contribution in [0.3, 0.4) is 0 Å². The molecule has 7 heteroatoms. The summed E-state index contributed by atoms with van der Waals surface area (Å²) in [6.45, 7) is 5.39. The van der Waals surface area contributed by atoms with Crippen LogP contribution in [0.5, 0.6) is 5.75 Å². The minimum absolute atomic E-state index is 0.00167. The van der Waals surface area contributed by atoms with Crippen LogP contribution in [-0.2, 0) is 4.79 Å². The van der Waals surface area contributed by atoms with E-state index >= 15 is 0 Å². The summed E-state index contributed by atoms with van der Waals surface area (Å²) in [7, 11) is 0. The zero-order chi connectivity index (χ0) is 19.4. The van der Waals surface area contributed by atoms with Crippen LogP contribution in [0.25, 0.3) is 0 Å². The number of halogens is 1. The molecular weight excluding hydrogens is 366 g/mol. The Kier molecular flexibility index (Phi) is 5.86. The molecular formula is C20H22ClN3O3. The maximum Gasteiger partial charge on any atom is 0.325 e. The highest BCUT2D eigenvalue weighted by Crippen LogP contribution is 2.25. The first-order valence-electron chi connectivity index (χ1n) is 8.84. The van der Waals surface area contributed by atoms with Crippen molar-refractivity contribution in [1.82, 2.24) is 4.90 Å². The van der Waals surface area contributed by atoms with E-state index in [0.29, 0.717) is 30.4 Å². The van der Waals surface area contributed by atoms with Gasteiger partial charge in [-0.15, -0.1) is 0 Å². The van der Waals surface area contributed by atoms with Crippen LogP contribution < -0.4 is 15.0 Å². The molecule has 27 heavy (non-hydrogen) atoms. The molecule has 1 fully saturated rings. The van der Waals surface area contributed by atoms with Crippen molar-refractivity contribution in [3.8, 4) is 5.75 Å². The second kappa shape index (κ2) is 8.31. The Morgan fingerprint density at radius 3 is 2.63 bits per heavy atom. The van der Waals surface area contributed by atoms with Gasteiger partial charge in [0.2, 0.25) is 5.91 Å². The molecule has 0 aliphatic carbocycles. The molecule has 0 atom stereocenters. The Balaban J connectivity index is 1.61. The monoisotopic (exact) mass is 387 g/mol. The fourth-order valence-electron chi connectivity index (χ4n) is 2.96. The number of carbonyl (C=O) groups excluding carboxylic acids is 2. The fraction of sp³-hybridized carbons (Fsp3) is 0.300. The van der Waals surface area contributed by atoms with Crippen LogP contribution in [0, 0.1) is 6.92 Å². The Morgan fingerprint density at radius 2 is 1.93 bits per heavy atom. The molecule has 142 valence electrons. The van der Waals surface area contributed by atoms with Crippen molar-refractivity contribution in [3.63, 3.8) is 0 Å². The van der Waals surface area contributed by atoms with Crippen LogP contribution in [-0.4, -0.2) is 43.1 Å². The molecule has 2 aromatic rings. The topological polar surface area (TPSA) is 61.9 Å². The van der Waals surface area contributed by atoms with Gasteiger partial charge in [0.15, 0.2) is 0 Å². The highest BCUT2D eigenvalue weighted by atomic mass is 35.5. The minimum atomic E-state index is -0.248. The summed E-state index contributed by atoms with van der Waals surface area (Å²) < 4.78 is 5.42. The average molecular weight is 388 g/mol. The molecule has 0 bridgehead atoms. The number of nitrogens with one attached hydrogen (secondary N) is 1. The smallest absolute Gasteiger partial charge is 0.325 e. The molecule has 0 saturated carbocycles. The summed E-state index contributed by atoms with van der Waals surface area (Å²) in [5.74, 6) is 0.517. The van der Waals surface area contributed by atoms with E-state index in [0.717, 1.165) is 17.0 Å². The number of hydrogen-bond acceptors (Lipinski definition) is 3. The van der Waals surface area contributed by atoms with Crippen LogP contribution in [0.15, 0.2) is 42.5 Å². The summed E-state index contributed by atoms with van der Waals surface area (Å²) in [5, 5.41) is 3.41. The summed E-state index contributed by atoms with van der Waals surface area (Å²) in [6.07, 6.45) is 0. The zero-order valence-electron chi connectivity index (χ0n) is 15.4. The van der Waals surface area contributed by atoms with E-state index in [4.69, 9.17) is 16.3 Å². The first-order valence-corrected chi connectivity index (χ1v) is 9.21. The number of ether oxygens (including phenoxy) is 1. The van der Waals surface area contributed by atoms with Crippen molar-refractivity contribution in [2.24, 2.45) is 0 Å². The van der Waals surface area contributed by atoms with Crippen molar-refractivity contribution in [1.29, 1.82) is 0 Å². The number of anilines is 2. The molecule has 2 aromatic carbocycles. The van der Waals surface area contributed by atoms with Gasteiger partial charge in [0, 0.05) is 29.5 Å². The first kappa shape index (κ1) is 19.0. The Labute approximate surface area is 163 Å². The molecule has 1 saturated heterocycles. The number of carbonyl (C=O) groups is 2. The van der Waals surface area contributed by atoms with Gasteiger partial charge < -0.3 is 15.0 Å². The highest BCUT2D eigenvalue weighted by molar-refractivity contribution is 6.31. The van der Waals surface area contributed by atoms with Gasteiger partial charge in [0.25, 0.3) is 0 Å². The number of urea groups is 1. The maximum atomic E-state index is 12.6. The summed E-state index contributed by atoms with van der Waals surface area (Å²) in [4.78, 5) is 28.2. The third-order valence-corrected chi connectivity index (χ3v) is 4.84. The van der Waals surface area contributed by atoms with Crippen LogP contribution >= 0.6 is 11.6 Å². The van der Waals surface area contributed by atoms with Gasteiger partial charge in [-0.25, -0.2) is 4.79 Å². The predicted octanol–water partition coefficient (Wildman–Crippen LogP) is 3.93. The predicted molar refractivity (Wildman–Crippen MR) is 107 cm³/mol.